The van der Waals surface area contributed by atoms with Crippen LogP contribution in [0.3, 0.4) is 0 Å². The summed E-state index contributed by atoms with van der Waals surface area (Å²) in [4.78, 5) is 0. The van der Waals surface area contributed by atoms with Crippen molar-refractivity contribution < 1.29 is 4.74 Å². The van der Waals surface area contributed by atoms with E-state index in [2.05, 4.69) is 36.0 Å². The van der Waals surface area contributed by atoms with Gasteiger partial charge in [-0.25, -0.2) is 5.43 Å². The first-order valence-electron chi connectivity index (χ1n) is 7.83. The number of nitrogens with one attached hydrogen (secondary N) is 2. The number of hydrogen-bond acceptors (Lipinski definition) is 4. The van der Waals surface area contributed by atoms with Crippen LogP contribution in [0.2, 0.25) is 0 Å². The fourth-order valence-corrected chi connectivity index (χ4v) is 2.78. The molecule has 0 aromatic heterocycles. The number of nitrogens with two attached hydrogens (primary N) is 1. The van der Waals surface area contributed by atoms with Crippen molar-refractivity contribution in [2.24, 2.45) is 0 Å². The van der Waals surface area contributed by atoms with E-state index >= 15 is 0 Å². The van der Waals surface area contributed by atoms with E-state index in [1.807, 2.05) is 30.3 Å². The largest absolute Gasteiger partial charge is 0.492 e. The smallest absolute Gasteiger partial charge is 0.119 e. The lowest BCUT2D eigenvalue weighted by Gasteiger charge is -2.12. The van der Waals surface area contributed by atoms with E-state index in [1.54, 1.807) is 0 Å². The Morgan fingerprint density at radius 3 is 2.82 bits per heavy atom. The minimum Gasteiger partial charge on any atom is -0.492 e. The Balaban J connectivity index is 1.54. The van der Waals surface area contributed by atoms with Crippen molar-refractivity contribution in [1.29, 1.82) is 0 Å². The average molecular weight is 297 g/mol. The Kier molecular flexibility index (Phi) is 4.61. The molecule has 22 heavy (non-hydrogen) atoms. The van der Waals surface area contributed by atoms with Crippen molar-refractivity contribution in [3.8, 4) is 5.75 Å². The predicted octanol–water partition coefficient (Wildman–Crippen LogP) is 2.82. The molecule has 116 valence electrons. The molecule has 1 aliphatic rings. The number of anilines is 1. The van der Waals surface area contributed by atoms with Gasteiger partial charge in [-0.3, -0.25) is 5.43 Å². The van der Waals surface area contributed by atoms with Crippen molar-refractivity contribution in [3.63, 3.8) is 0 Å². The molecule has 0 aliphatic carbocycles. The molecule has 2 unspecified atom stereocenters. The number of ether oxygens (including phenoxy) is 1. The summed E-state index contributed by atoms with van der Waals surface area (Å²) in [5, 5.41) is 0. The third-order valence-electron chi connectivity index (χ3n) is 4.05. The number of nitrogen functional groups attached to an aromatic ring is 1. The molecule has 2 aromatic rings. The van der Waals surface area contributed by atoms with Gasteiger partial charge in [0.2, 0.25) is 0 Å². The number of hydrogen-bond donors (Lipinski definition) is 3. The number of aryl methyl sites for hydroxylation is 1. The highest BCUT2D eigenvalue weighted by atomic mass is 16.5. The van der Waals surface area contributed by atoms with Crippen LogP contribution in [0.15, 0.2) is 48.5 Å². The third-order valence-corrected chi connectivity index (χ3v) is 4.05. The first-order valence-corrected chi connectivity index (χ1v) is 7.83. The van der Waals surface area contributed by atoms with E-state index < -0.39 is 0 Å². The van der Waals surface area contributed by atoms with Gasteiger partial charge < -0.3 is 10.5 Å². The van der Waals surface area contributed by atoms with Gasteiger partial charge in [-0.2, -0.15) is 0 Å². The molecule has 1 heterocycles. The topological polar surface area (TPSA) is 59.3 Å². The third kappa shape index (κ3) is 3.59. The monoisotopic (exact) mass is 297 g/mol. The summed E-state index contributed by atoms with van der Waals surface area (Å²) < 4.78 is 5.91. The summed E-state index contributed by atoms with van der Waals surface area (Å²) in [6.07, 6.45) is 2.01. The molecule has 2 aromatic carbocycles. The minimum atomic E-state index is 0.277. The van der Waals surface area contributed by atoms with Gasteiger partial charge >= 0.3 is 0 Å². The second kappa shape index (κ2) is 6.81. The van der Waals surface area contributed by atoms with Crippen LogP contribution in [0.5, 0.6) is 5.75 Å². The van der Waals surface area contributed by atoms with Crippen molar-refractivity contribution in [3.05, 3.63) is 59.7 Å². The maximum Gasteiger partial charge on any atom is 0.119 e. The van der Waals surface area contributed by atoms with Gasteiger partial charge in [-0.05, 0) is 48.2 Å². The highest BCUT2D eigenvalue weighted by molar-refractivity contribution is 5.41. The van der Waals surface area contributed by atoms with Crippen molar-refractivity contribution in [2.75, 3.05) is 12.3 Å². The first kappa shape index (κ1) is 14.9. The Morgan fingerprint density at radius 1 is 1.14 bits per heavy atom. The van der Waals surface area contributed by atoms with Gasteiger partial charge in [0.25, 0.3) is 0 Å². The molecule has 0 radical (unpaired) electrons. The summed E-state index contributed by atoms with van der Waals surface area (Å²) in [5.74, 6) is 0.938. The van der Waals surface area contributed by atoms with Crippen LogP contribution in [0, 0.1) is 0 Å². The van der Waals surface area contributed by atoms with Gasteiger partial charge in [-0.15, -0.1) is 0 Å². The molecule has 0 bridgehead atoms. The summed E-state index contributed by atoms with van der Waals surface area (Å²) in [5.41, 5.74) is 15.8. The van der Waals surface area contributed by atoms with Gasteiger partial charge in [0.05, 0.1) is 6.04 Å². The van der Waals surface area contributed by atoms with E-state index in [9.17, 15) is 0 Å². The molecular weight excluding hydrogens is 274 g/mol. The van der Waals surface area contributed by atoms with Crippen LogP contribution in [-0.2, 0) is 6.42 Å². The molecule has 0 saturated carbocycles. The van der Waals surface area contributed by atoms with Gasteiger partial charge in [0.1, 0.15) is 12.4 Å². The zero-order chi connectivity index (χ0) is 15.4. The molecule has 2 atom stereocenters. The highest BCUT2D eigenvalue weighted by Crippen LogP contribution is 2.24. The van der Waals surface area contributed by atoms with Crippen molar-refractivity contribution in [1.82, 2.24) is 10.9 Å². The zero-order valence-electron chi connectivity index (χ0n) is 12.9. The number of rotatable bonds is 5. The summed E-state index contributed by atoms with van der Waals surface area (Å²) in [7, 11) is 0. The molecule has 0 amide bonds. The van der Waals surface area contributed by atoms with Crippen LogP contribution in [0.1, 0.15) is 30.5 Å². The molecule has 4 N–H and O–H groups in total. The normalized spacial score (nSPS) is 21.0. The molecular formula is C18H23N3O. The lowest BCUT2D eigenvalue weighted by Crippen LogP contribution is -2.34. The summed E-state index contributed by atoms with van der Waals surface area (Å²) in [6, 6.07) is 16.9. The van der Waals surface area contributed by atoms with E-state index in [-0.39, 0.29) is 12.1 Å². The fourth-order valence-electron chi connectivity index (χ4n) is 2.78. The predicted molar refractivity (Wildman–Crippen MR) is 89.6 cm³/mol. The van der Waals surface area contributed by atoms with Crippen molar-refractivity contribution >= 4 is 5.69 Å². The van der Waals surface area contributed by atoms with Gasteiger partial charge in [-0.1, -0.05) is 31.2 Å². The quantitative estimate of drug-likeness (QED) is 0.743. The maximum absolute atomic E-state index is 5.91. The lowest BCUT2D eigenvalue weighted by molar-refractivity contribution is 0.272. The van der Waals surface area contributed by atoms with Gasteiger partial charge in [0.15, 0.2) is 0 Å². The summed E-state index contributed by atoms with van der Waals surface area (Å²) >= 11 is 0. The summed E-state index contributed by atoms with van der Waals surface area (Å²) in [6.45, 7) is 2.80. The SMILES string of the molecule is CCc1cccc(OCC2CC(c3cccc(N)c3)NN2)c1. The maximum atomic E-state index is 5.91. The van der Waals surface area contributed by atoms with E-state index in [0.717, 1.165) is 24.3 Å². The van der Waals surface area contributed by atoms with Crippen LogP contribution < -0.4 is 21.3 Å². The fraction of sp³-hybridized carbons (Fsp3) is 0.333. The number of benzene rings is 2. The minimum absolute atomic E-state index is 0.277. The van der Waals surface area contributed by atoms with E-state index in [4.69, 9.17) is 10.5 Å². The standard InChI is InChI=1S/C18H23N3O/c1-2-13-5-3-8-17(9-13)22-12-16-11-18(21-20-16)14-6-4-7-15(19)10-14/h3-10,16,18,20-21H,2,11-12,19H2,1H3. The Hall–Kier alpha value is -2.04. The highest BCUT2D eigenvalue weighted by Gasteiger charge is 2.25. The Labute approximate surface area is 131 Å². The molecule has 4 nitrogen and oxygen atoms in total. The van der Waals surface area contributed by atoms with Crippen LogP contribution >= 0.6 is 0 Å². The second-order valence-electron chi connectivity index (χ2n) is 5.76. The lowest BCUT2D eigenvalue weighted by atomic mass is 10.0. The molecule has 4 heteroatoms. The zero-order valence-corrected chi connectivity index (χ0v) is 12.9. The average Bonchev–Trinajstić information content (AvgIpc) is 3.02. The molecule has 1 saturated heterocycles. The Bertz CT molecular complexity index is 629. The second-order valence-corrected chi connectivity index (χ2v) is 5.76. The molecule has 1 aliphatic heterocycles. The molecule has 1 fully saturated rings. The molecule has 3 rings (SSSR count). The van der Waals surface area contributed by atoms with E-state index in [0.29, 0.717) is 6.61 Å². The molecule has 0 spiro atoms. The van der Waals surface area contributed by atoms with E-state index in [1.165, 1.54) is 11.1 Å². The van der Waals surface area contributed by atoms with Gasteiger partial charge in [0, 0.05) is 11.7 Å². The van der Waals surface area contributed by atoms with Crippen LogP contribution in [-0.4, -0.2) is 12.6 Å². The van der Waals surface area contributed by atoms with Crippen molar-refractivity contribution in [2.45, 2.75) is 31.8 Å². The van der Waals surface area contributed by atoms with Crippen LogP contribution in [0.25, 0.3) is 0 Å². The van der Waals surface area contributed by atoms with Crippen LogP contribution in [0.4, 0.5) is 5.69 Å². The first-order chi connectivity index (χ1) is 10.7. The number of hydrazine groups is 1. The Morgan fingerprint density at radius 2 is 2.00 bits per heavy atom.